The lowest BCUT2D eigenvalue weighted by molar-refractivity contribution is -0.118. The Bertz CT molecular complexity index is 1320. The van der Waals surface area contributed by atoms with Gasteiger partial charge in [-0.05, 0) is 49.2 Å². The number of aryl methyl sites for hydroxylation is 2. The molecular formula is C24H24N2O4S2. The van der Waals surface area contributed by atoms with Crippen molar-refractivity contribution in [1.82, 2.24) is 4.98 Å². The highest BCUT2D eigenvalue weighted by atomic mass is 32.2. The third kappa shape index (κ3) is 4.76. The minimum absolute atomic E-state index is 0.145. The van der Waals surface area contributed by atoms with Gasteiger partial charge in [0.1, 0.15) is 5.76 Å². The van der Waals surface area contributed by atoms with Gasteiger partial charge in [-0.15, -0.1) is 0 Å². The molecule has 0 unspecified atom stereocenters. The summed E-state index contributed by atoms with van der Waals surface area (Å²) in [7, 11) is -3.57. The summed E-state index contributed by atoms with van der Waals surface area (Å²) in [6.45, 7) is 4.15. The number of amides is 1. The highest BCUT2D eigenvalue weighted by molar-refractivity contribution is 7.91. The Hall–Kier alpha value is -2.97. The van der Waals surface area contributed by atoms with Crippen LogP contribution in [0.15, 0.2) is 70.2 Å². The first kappa shape index (κ1) is 22.2. The second kappa shape index (κ2) is 9.26. The van der Waals surface area contributed by atoms with Crippen molar-refractivity contribution >= 4 is 42.4 Å². The van der Waals surface area contributed by atoms with Crippen LogP contribution in [0, 0.1) is 6.92 Å². The van der Waals surface area contributed by atoms with Crippen molar-refractivity contribution in [3.05, 3.63) is 77.7 Å². The molecule has 0 saturated heterocycles. The number of hydrogen-bond acceptors (Lipinski definition) is 6. The smallest absolute Gasteiger partial charge is 0.230 e. The zero-order valence-electron chi connectivity index (χ0n) is 17.9. The summed E-state index contributed by atoms with van der Waals surface area (Å²) in [5, 5.41) is 0.537. The Morgan fingerprint density at radius 3 is 2.56 bits per heavy atom. The average molecular weight is 469 g/mol. The van der Waals surface area contributed by atoms with Gasteiger partial charge in [-0.25, -0.2) is 13.4 Å². The van der Waals surface area contributed by atoms with E-state index in [1.165, 1.54) is 16.2 Å². The van der Waals surface area contributed by atoms with E-state index >= 15 is 0 Å². The third-order valence-corrected chi connectivity index (χ3v) is 8.04. The van der Waals surface area contributed by atoms with Crippen LogP contribution in [-0.2, 0) is 27.6 Å². The molecule has 0 spiro atoms. The Morgan fingerprint density at radius 1 is 1.09 bits per heavy atom. The summed E-state index contributed by atoms with van der Waals surface area (Å²) in [5.74, 6) is 0.0261. The summed E-state index contributed by atoms with van der Waals surface area (Å²) < 4.78 is 31.9. The number of benzene rings is 2. The summed E-state index contributed by atoms with van der Waals surface area (Å²) in [6.07, 6.45) is 2.24. The maximum absolute atomic E-state index is 13.2. The van der Waals surface area contributed by atoms with Crippen LogP contribution in [0.2, 0.25) is 0 Å². The van der Waals surface area contributed by atoms with Crippen molar-refractivity contribution in [2.45, 2.75) is 38.1 Å². The van der Waals surface area contributed by atoms with Crippen LogP contribution in [0.3, 0.4) is 0 Å². The van der Waals surface area contributed by atoms with Gasteiger partial charge >= 0.3 is 0 Å². The number of carbonyl (C=O) groups excluding carboxylic acids is 1. The van der Waals surface area contributed by atoms with Gasteiger partial charge in [-0.1, -0.05) is 48.1 Å². The van der Waals surface area contributed by atoms with E-state index < -0.39 is 9.84 Å². The fourth-order valence-electron chi connectivity index (χ4n) is 3.44. The van der Waals surface area contributed by atoms with Gasteiger partial charge in [-0.2, -0.15) is 0 Å². The number of hydrogen-bond donors (Lipinski definition) is 0. The molecule has 0 bridgehead atoms. The van der Waals surface area contributed by atoms with Crippen molar-refractivity contribution in [2.24, 2.45) is 0 Å². The van der Waals surface area contributed by atoms with Gasteiger partial charge in [0, 0.05) is 6.42 Å². The second-order valence-electron chi connectivity index (χ2n) is 7.56. The zero-order chi connectivity index (χ0) is 22.7. The monoisotopic (exact) mass is 468 g/mol. The number of anilines is 1. The van der Waals surface area contributed by atoms with E-state index in [2.05, 4.69) is 6.92 Å². The molecule has 166 valence electrons. The number of para-hydroxylation sites is 1. The molecule has 2 aromatic carbocycles. The molecule has 0 fully saturated rings. The lowest BCUT2D eigenvalue weighted by atomic mass is 10.1. The molecule has 6 nitrogen and oxygen atoms in total. The molecular weight excluding hydrogens is 444 g/mol. The number of thiazole rings is 1. The van der Waals surface area contributed by atoms with Gasteiger partial charge < -0.3 is 4.42 Å². The van der Waals surface area contributed by atoms with Crippen molar-refractivity contribution in [3.8, 4) is 0 Å². The maximum atomic E-state index is 13.2. The zero-order valence-corrected chi connectivity index (χ0v) is 19.6. The number of carbonyl (C=O) groups is 1. The predicted molar refractivity (Wildman–Crippen MR) is 127 cm³/mol. The molecule has 0 aliphatic carbocycles. The van der Waals surface area contributed by atoms with Crippen LogP contribution in [0.25, 0.3) is 10.2 Å². The van der Waals surface area contributed by atoms with Crippen molar-refractivity contribution in [2.75, 3.05) is 10.7 Å². The number of nitrogens with zero attached hydrogens (tertiary/aromatic N) is 2. The van der Waals surface area contributed by atoms with Gasteiger partial charge in [0.25, 0.3) is 0 Å². The van der Waals surface area contributed by atoms with E-state index in [-0.39, 0.29) is 29.5 Å². The predicted octanol–water partition coefficient (Wildman–Crippen LogP) is 5.16. The van der Waals surface area contributed by atoms with Gasteiger partial charge in [0.05, 0.1) is 33.7 Å². The molecule has 0 radical (unpaired) electrons. The molecule has 8 heteroatoms. The average Bonchev–Trinajstić information content (AvgIpc) is 3.45. The number of aromatic nitrogens is 1. The van der Waals surface area contributed by atoms with Crippen LogP contribution in [0.5, 0.6) is 0 Å². The molecule has 0 aliphatic heterocycles. The van der Waals surface area contributed by atoms with Crippen LogP contribution >= 0.6 is 11.3 Å². The number of sulfone groups is 1. The first-order valence-electron chi connectivity index (χ1n) is 10.4. The molecule has 2 heterocycles. The quantitative estimate of drug-likeness (QED) is 0.357. The fourth-order valence-corrected chi connectivity index (χ4v) is 5.70. The highest BCUT2D eigenvalue weighted by Crippen LogP contribution is 2.32. The first-order chi connectivity index (χ1) is 15.4. The van der Waals surface area contributed by atoms with E-state index in [9.17, 15) is 13.2 Å². The molecule has 1 amide bonds. The summed E-state index contributed by atoms with van der Waals surface area (Å²) in [4.78, 5) is 19.7. The lowest BCUT2D eigenvalue weighted by Crippen LogP contribution is -2.31. The Balaban J connectivity index is 1.60. The van der Waals surface area contributed by atoms with Crippen molar-refractivity contribution in [1.29, 1.82) is 0 Å². The number of rotatable bonds is 8. The Kier molecular flexibility index (Phi) is 6.43. The largest absolute Gasteiger partial charge is 0.467 e. The minimum atomic E-state index is -3.57. The van der Waals surface area contributed by atoms with Crippen LogP contribution in [0.1, 0.15) is 30.2 Å². The molecule has 0 saturated carbocycles. The normalized spacial score (nSPS) is 11.7. The Morgan fingerprint density at radius 2 is 1.88 bits per heavy atom. The SMILES string of the molecule is CCc1cccc2sc(N(Cc3ccco3)C(=O)CCS(=O)(=O)c3ccc(C)cc3)nc12. The Labute approximate surface area is 191 Å². The van der Waals surface area contributed by atoms with E-state index in [1.54, 1.807) is 42.7 Å². The second-order valence-corrected chi connectivity index (χ2v) is 10.7. The fraction of sp³-hybridized carbons (Fsp3) is 0.250. The van der Waals surface area contributed by atoms with E-state index in [1.807, 2.05) is 25.1 Å². The van der Waals surface area contributed by atoms with Crippen molar-refractivity contribution < 1.29 is 17.6 Å². The summed E-state index contributed by atoms with van der Waals surface area (Å²) in [5.41, 5.74) is 2.96. The topological polar surface area (TPSA) is 80.5 Å². The molecule has 0 atom stereocenters. The third-order valence-electron chi connectivity index (χ3n) is 5.26. The number of furan rings is 1. The number of fused-ring (bicyclic) bond motifs is 1. The molecule has 4 aromatic rings. The molecule has 2 aromatic heterocycles. The molecule has 4 rings (SSSR count). The van der Waals surface area contributed by atoms with Gasteiger partial charge in [0.15, 0.2) is 15.0 Å². The first-order valence-corrected chi connectivity index (χ1v) is 12.8. The highest BCUT2D eigenvalue weighted by Gasteiger charge is 2.24. The van der Waals surface area contributed by atoms with E-state index in [0.29, 0.717) is 10.9 Å². The molecule has 32 heavy (non-hydrogen) atoms. The van der Waals surface area contributed by atoms with Crippen LogP contribution in [-0.4, -0.2) is 25.1 Å². The van der Waals surface area contributed by atoms with Crippen LogP contribution in [0.4, 0.5) is 5.13 Å². The summed E-state index contributed by atoms with van der Waals surface area (Å²) in [6, 6.07) is 16.2. The van der Waals surface area contributed by atoms with Crippen molar-refractivity contribution in [3.63, 3.8) is 0 Å². The maximum Gasteiger partial charge on any atom is 0.230 e. The lowest BCUT2D eigenvalue weighted by Gasteiger charge is -2.18. The van der Waals surface area contributed by atoms with Crippen LogP contribution < -0.4 is 4.90 Å². The van der Waals surface area contributed by atoms with Gasteiger partial charge in [-0.3, -0.25) is 9.69 Å². The van der Waals surface area contributed by atoms with Gasteiger partial charge in [0.2, 0.25) is 5.91 Å². The summed E-state index contributed by atoms with van der Waals surface area (Å²) >= 11 is 1.42. The molecule has 0 aliphatic rings. The van der Waals surface area contributed by atoms with E-state index in [4.69, 9.17) is 9.40 Å². The molecule has 0 N–H and O–H groups in total. The van der Waals surface area contributed by atoms with E-state index in [0.717, 1.165) is 27.8 Å². The standard InChI is InChI=1S/C24H24N2O4S2/c1-3-18-6-4-8-21-23(18)25-24(31-21)26(16-19-7-5-14-30-19)22(27)13-15-32(28,29)20-11-9-17(2)10-12-20/h4-12,14H,3,13,15-16H2,1-2H3. The minimum Gasteiger partial charge on any atom is -0.467 e.